The molecule has 0 radical (unpaired) electrons. The fourth-order valence-corrected chi connectivity index (χ4v) is 8.04. The lowest BCUT2D eigenvalue weighted by atomic mass is 10.0. The Labute approximate surface area is 322 Å². The van der Waals surface area contributed by atoms with Crippen LogP contribution < -0.4 is 0 Å². The molecule has 4 heterocycles. The minimum Gasteiger partial charge on any atom is -0.309 e. The average molecular weight is 717 g/mol. The molecule has 0 unspecified atom stereocenters. The molecule has 11 aromatic rings. The Hall–Kier alpha value is -7.70. The minimum atomic E-state index is 0.588. The van der Waals surface area contributed by atoms with Crippen molar-refractivity contribution < 1.29 is 0 Å². The van der Waals surface area contributed by atoms with Gasteiger partial charge in [-0.25, -0.2) is 15.0 Å². The maximum absolute atomic E-state index is 4.93. The Kier molecular flexibility index (Phi) is 7.38. The Morgan fingerprint density at radius 3 is 1.29 bits per heavy atom. The van der Waals surface area contributed by atoms with Gasteiger partial charge in [0.25, 0.3) is 0 Å². The second-order valence-electron chi connectivity index (χ2n) is 14.0. The third kappa shape index (κ3) is 5.27. The lowest BCUT2D eigenvalue weighted by molar-refractivity contribution is 1.07. The second-order valence-corrected chi connectivity index (χ2v) is 14.0. The molecule has 6 heteroatoms. The van der Waals surface area contributed by atoms with Gasteiger partial charge in [-0.3, -0.25) is 4.98 Å². The number of hydrogen-bond donors (Lipinski definition) is 0. The Bertz CT molecular complexity index is 3160. The van der Waals surface area contributed by atoms with Crippen LogP contribution in [-0.4, -0.2) is 29.1 Å². The van der Waals surface area contributed by atoms with Crippen molar-refractivity contribution in [1.29, 1.82) is 0 Å². The Morgan fingerprint density at radius 2 is 0.732 bits per heavy atom. The molecule has 262 valence electrons. The first-order chi connectivity index (χ1) is 27.8. The van der Waals surface area contributed by atoms with Gasteiger partial charge in [-0.05, 0) is 96.1 Å². The van der Waals surface area contributed by atoms with Crippen molar-refractivity contribution in [2.45, 2.75) is 0 Å². The highest BCUT2D eigenvalue weighted by atomic mass is 15.0. The molecule has 0 aliphatic carbocycles. The van der Waals surface area contributed by atoms with E-state index in [1.807, 2.05) is 42.5 Å². The van der Waals surface area contributed by atoms with E-state index in [9.17, 15) is 0 Å². The zero-order chi connectivity index (χ0) is 37.0. The predicted molar refractivity (Wildman–Crippen MR) is 228 cm³/mol. The first-order valence-electron chi connectivity index (χ1n) is 18.7. The standard InChI is InChI=1S/C50H32N6/c1-3-12-33(13-4-1)48-52-49(54-50(53-48)37-14-11-29-51-32-37)34-21-25-39(26-22-34)56-45-20-10-8-18-41(45)43-31-36(24-28-47(43)56)35-23-27-46-42(30-35)40-17-7-9-19-44(40)55(46)38-15-5-2-6-16-38/h1-32H. The molecule has 0 N–H and O–H groups in total. The van der Waals surface area contributed by atoms with Crippen LogP contribution >= 0.6 is 0 Å². The number of fused-ring (bicyclic) bond motifs is 6. The lowest BCUT2D eigenvalue weighted by Gasteiger charge is -2.11. The average Bonchev–Trinajstić information content (AvgIpc) is 3.79. The van der Waals surface area contributed by atoms with E-state index in [2.05, 4.69) is 154 Å². The van der Waals surface area contributed by atoms with Crippen molar-refractivity contribution in [1.82, 2.24) is 29.1 Å². The van der Waals surface area contributed by atoms with Crippen LogP contribution in [0.4, 0.5) is 0 Å². The second kappa shape index (κ2) is 13.0. The van der Waals surface area contributed by atoms with E-state index < -0.39 is 0 Å². The first-order valence-corrected chi connectivity index (χ1v) is 18.7. The van der Waals surface area contributed by atoms with Gasteiger partial charge < -0.3 is 9.13 Å². The van der Waals surface area contributed by atoms with Gasteiger partial charge in [-0.15, -0.1) is 0 Å². The van der Waals surface area contributed by atoms with E-state index in [1.54, 1.807) is 12.4 Å². The fourth-order valence-electron chi connectivity index (χ4n) is 8.04. The molecule has 0 saturated heterocycles. The maximum atomic E-state index is 4.93. The summed E-state index contributed by atoms with van der Waals surface area (Å²) in [5, 5.41) is 4.91. The maximum Gasteiger partial charge on any atom is 0.165 e. The van der Waals surface area contributed by atoms with E-state index in [0.29, 0.717) is 17.5 Å². The molecule has 11 rings (SSSR count). The van der Waals surface area contributed by atoms with Gasteiger partial charge in [0.05, 0.1) is 22.1 Å². The van der Waals surface area contributed by atoms with Crippen molar-refractivity contribution in [2.24, 2.45) is 0 Å². The van der Waals surface area contributed by atoms with Gasteiger partial charge in [0.2, 0.25) is 0 Å². The van der Waals surface area contributed by atoms with Gasteiger partial charge in [-0.2, -0.15) is 0 Å². The summed E-state index contributed by atoms with van der Waals surface area (Å²) in [5.41, 5.74) is 12.0. The number of aromatic nitrogens is 6. The smallest absolute Gasteiger partial charge is 0.165 e. The zero-order valence-corrected chi connectivity index (χ0v) is 30.2. The van der Waals surface area contributed by atoms with Crippen LogP contribution in [0.15, 0.2) is 194 Å². The summed E-state index contributed by atoms with van der Waals surface area (Å²) in [6, 6.07) is 64.1. The molecule has 0 bridgehead atoms. The van der Waals surface area contributed by atoms with Crippen LogP contribution in [-0.2, 0) is 0 Å². The van der Waals surface area contributed by atoms with Crippen LogP contribution in [0.5, 0.6) is 0 Å². The molecule has 0 saturated carbocycles. The van der Waals surface area contributed by atoms with Crippen LogP contribution in [0.25, 0.3) is 100 Å². The SMILES string of the molecule is c1ccc(-c2nc(-c3ccc(-n4c5ccccc5c5cc(-c6ccc7c(c6)c6ccccc6n7-c6ccccc6)ccc54)cc3)nc(-c3cccnc3)n2)cc1. The normalized spacial score (nSPS) is 11.6. The van der Waals surface area contributed by atoms with Gasteiger partial charge >= 0.3 is 0 Å². The molecule has 0 spiro atoms. The Balaban J connectivity index is 1.01. The number of pyridine rings is 1. The van der Waals surface area contributed by atoms with E-state index in [4.69, 9.17) is 15.0 Å². The molecule has 0 atom stereocenters. The molecule has 7 aromatic carbocycles. The third-order valence-electron chi connectivity index (χ3n) is 10.7. The molecule has 0 aliphatic heterocycles. The molecule has 0 aliphatic rings. The topological polar surface area (TPSA) is 61.4 Å². The highest BCUT2D eigenvalue weighted by Gasteiger charge is 2.17. The molecular formula is C50H32N6. The highest BCUT2D eigenvalue weighted by Crippen LogP contribution is 2.38. The van der Waals surface area contributed by atoms with E-state index in [-0.39, 0.29) is 0 Å². The summed E-state index contributed by atoms with van der Waals surface area (Å²) in [4.78, 5) is 19.0. The summed E-state index contributed by atoms with van der Waals surface area (Å²) >= 11 is 0. The number of rotatable bonds is 6. The van der Waals surface area contributed by atoms with E-state index >= 15 is 0 Å². The number of para-hydroxylation sites is 3. The van der Waals surface area contributed by atoms with Crippen molar-refractivity contribution in [3.63, 3.8) is 0 Å². The molecule has 0 amide bonds. The van der Waals surface area contributed by atoms with Crippen molar-refractivity contribution in [2.75, 3.05) is 0 Å². The third-order valence-corrected chi connectivity index (χ3v) is 10.7. The molecular weight excluding hydrogens is 685 g/mol. The van der Waals surface area contributed by atoms with Crippen LogP contribution in [0.2, 0.25) is 0 Å². The van der Waals surface area contributed by atoms with Crippen LogP contribution in [0.1, 0.15) is 0 Å². The van der Waals surface area contributed by atoms with Crippen molar-refractivity contribution in [3.8, 4) is 56.7 Å². The quantitative estimate of drug-likeness (QED) is 0.172. The van der Waals surface area contributed by atoms with Gasteiger partial charge in [0.1, 0.15) is 0 Å². The Morgan fingerprint density at radius 1 is 0.304 bits per heavy atom. The highest BCUT2D eigenvalue weighted by molar-refractivity contribution is 6.12. The summed E-state index contributed by atoms with van der Waals surface area (Å²) in [6.45, 7) is 0. The van der Waals surface area contributed by atoms with E-state index in [1.165, 1.54) is 43.7 Å². The first kappa shape index (κ1) is 31.8. The van der Waals surface area contributed by atoms with Gasteiger partial charge in [-0.1, -0.05) is 97.1 Å². The van der Waals surface area contributed by atoms with Gasteiger partial charge in [0.15, 0.2) is 17.5 Å². The molecule has 56 heavy (non-hydrogen) atoms. The zero-order valence-electron chi connectivity index (χ0n) is 30.2. The largest absolute Gasteiger partial charge is 0.309 e. The van der Waals surface area contributed by atoms with E-state index in [0.717, 1.165) is 39.1 Å². The summed E-state index contributed by atoms with van der Waals surface area (Å²) in [5.74, 6) is 1.82. The number of hydrogen-bond acceptors (Lipinski definition) is 4. The van der Waals surface area contributed by atoms with Crippen molar-refractivity contribution in [3.05, 3.63) is 194 Å². The number of nitrogens with zero attached hydrogens (tertiary/aromatic N) is 6. The van der Waals surface area contributed by atoms with Gasteiger partial charge in [0, 0.05) is 62.0 Å². The van der Waals surface area contributed by atoms with Crippen molar-refractivity contribution >= 4 is 43.6 Å². The summed E-state index contributed by atoms with van der Waals surface area (Å²) < 4.78 is 4.71. The summed E-state index contributed by atoms with van der Waals surface area (Å²) in [6.07, 6.45) is 3.54. The number of benzene rings is 7. The monoisotopic (exact) mass is 716 g/mol. The predicted octanol–water partition coefficient (Wildman–Crippen LogP) is 12.1. The fraction of sp³-hybridized carbons (Fsp3) is 0. The molecule has 0 fully saturated rings. The lowest BCUT2D eigenvalue weighted by Crippen LogP contribution is -2.00. The van der Waals surface area contributed by atoms with Crippen LogP contribution in [0, 0.1) is 0 Å². The van der Waals surface area contributed by atoms with Crippen LogP contribution in [0.3, 0.4) is 0 Å². The molecule has 6 nitrogen and oxygen atoms in total. The molecule has 4 aromatic heterocycles. The summed E-state index contributed by atoms with van der Waals surface area (Å²) in [7, 11) is 0. The minimum absolute atomic E-state index is 0.588.